The van der Waals surface area contributed by atoms with Crippen LogP contribution in [0.25, 0.3) is 6.08 Å². The monoisotopic (exact) mass is 372 g/mol. The summed E-state index contributed by atoms with van der Waals surface area (Å²) in [5.41, 5.74) is 1.95. The quantitative estimate of drug-likeness (QED) is 0.492. The molecule has 28 heavy (non-hydrogen) atoms. The van der Waals surface area contributed by atoms with Gasteiger partial charge in [-0.2, -0.15) is 5.26 Å². The van der Waals surface area contributed by atoms with E-state index in [9.17, 15) is 14.4 Å². The largest absolute Gasteiger partial charge is 0.489 e. The van der Waals surface area contributed by atoms with Crippen LogP contribution in [0.3, 0.4) is 0 Å². The van der Waals surface area contributed by atoms with E-state index in [2.05, 4.69) is 5.32 Å². The van der Waals surface area contributed by atoms with Crippen molar-refractivity contribution in [1.82, 2.24) is 0 Å². The van der Waals surface area contributed by atoms with Crippen molar-refractivity contribution in [2.75, 3.05) is 5.32 Å². The first-order valence-corrected chi connectivity index (χ1v) is 8.59. The van der Waals surface area contributed by atoms with Crippen molar-refractivity contribution in [1.29, 1.82) is 5.26 Å². The van der Waals surface area contributed by atoms with Crippen LogP contribution in [0.4, 0.5) is 10.1 Å². The zero-order valence-electron chi connectivity index (χ0n) is 14.9. The first-order chi connectivity index (χ1) is 13.6. The van der Waals surface area contributed by atoms with Gasteiger partial charge in [0.2, 0.25) is 0 Å². The molecule has 3 aromatic carbocycles. The van der Waals surface area contributed by atoms with Crippen molar-refractivity contribution >= 4 is 17.7 Å². The molecule has 0 aliphatic rings. The van der Waals surface area contributed by atoms with Crippen molar-refractivity contribution in [2.45, 2.75) is 6.61 Å². The minimum atomic E-state index is -0.486. The van der Waals surface area contributed by atoms with Crippen molar-refractivity contribution in [3.05, 3.63) is 101 Å². The Morgan fingerprint density at radius 2 is 1.82 bits per heavy atom. The molecule has 4 nitrogen and oxygen atoms in total. The lowest BCUT2D eigenvalue weighted by molar-refractivity contribution is -0.112. The first kappa shape index (κ1) is 18.9. The summed E-state index contributed by atoms with van der Waals surface area (Å²) in [6.07, 6.45) is 1.49. The number of carbonyl (C=O) groups is 1. The zero-order chi connectivity index (χ0) is 19.8. The van der Waals surface area contributed by atoms with Crippen LogP contribution in [0.2, 0.25) is 0 Å². The summed E-state index contributed by atoms with van der Waals surface area (Å²) < 4.78 is 18.9. The van der Waals surface area contributed by atoms with Crippen LogP contribution in [-0.2, 0) is 11.4 Å². The number of nitrogens with one attached hydrogen (secondary N) is 1. The number of benzene rings is 3. The smallest absolute Gasteiger partial charge is 0.266 e. The molecule has 0 aliphatic heterocycles. The van der Waals surface area contributed by atoms with Crippen molar-refractivity contribution in [2.24, 2.45) is 0 Å². The van der Waals surface area contributed by atoms with Gasteiger partial charge in [-0.1, -0.05) is 42.5 Å². The van der Waals surface area contributed by atoms with Crippen LogP contribution < -0.4 is 10.1 Å². The number of carbonyl (C=O) groups excluding carboxylic acids is 1. The van der Waals surface area contributed by atoms with Gasteiger partial charge in [-0.15, -0.1) is 0 Å². The van der Waals surface area contributed by atoms with Crippen LogP contribution in [0, 0.1) is 17.1 Å². The molecule has 138 valence electrons. The number of ether oxygens (including phenoxy) is 1. The standard InChI is InChI=1S/C23H17FN2O2/c24-20-8-4-7-18(13-20)16-28-22-11-5-6-17(14-22)12-19(15-25)23(27)26-21-9-2-1-3-10-21/h1-14H,16H2,(H,26,27)/b19-12-. The molecule has 0 unspecified atom stereocenters. The Bertz CT molecular complexity index is 1040. The number of anilines is 1. The fraction of sp³-hybridized carbons (Fsp3) is 0.0435. The number of halogens is 1. The predicted molar refractivity (Wildman–Crippen MR) is 106 cm³/mol. The molecule has 5 heteroatoms. The topological polar surface area (TPSA) is 62.1 Å². The molecule has 0 heterocycles. The summed E-state index contributed by atoms with van der Waals surface area (Å²) in [6, 6.07) is 24.0. The normalized spacial score (nSPS) is 10.8. The van der Waals surface area contributed by atoms with E-state index >= 15 is 0 Å². The van der Waals surface area contributed by atoms with Crippen LogP contribution >= 0.6 is 0 Å². The Hall–Kier alpha value is -3.91. The van der Waals surface area contributed by atoms with Gasteiger partial charge >= 0.3 is 0 Å². The third kappa shape index (κ3) is 5.29. The molecule has 0 spiro atoms. The summed E-state index contributed by atoms with van der Waals surface area (Å²) in [5.74, 6) is -0.251. The number of rotatable bonds is 6. The summed E-state index contributed by atoms with van der Waals surface area (Å²) in [6.45, 7) is 0.213. The third-order valence-corrected chi connectivity index (χ3v) is 3.86. The summed E-state index contributed by atoms with van der Waals surface area (Å²) in [4.78, 5) is 12.3. The average molecular weight is 372 g/mol. The summed E-state index contributed by atoms with van der Waals surface area (Å²) in [5, 5.41) is 12.0. The molecule has 0 bridgehead atoms. The number of nitrogens with zero attached hydrogens (tertiary/aromatic N) is 1. The highest BCUT2D eigenvalue weighted by atomic mass is 19.1. The molecule has 0 radical (unpaired) electrons. The van der Waals surface area contributed by atoms with E-state index in [1.165, 1.54) is 18.2 Å². The summed E-state index contributed by atoms with van der Waals surface area (Å²) >= 11 is 0. The Morgan fingerprint density at radius 3 is 2.57 bits per heavy atom. The number of hydrogen-bond acceptors (Lipinski definition) is 3. The second kappa shape index (κ2) is 9.15. The highest BCUT2D eigenvalue weighted by Gasteiger charge is 2.09. The van der Waals surface area contributed by atoms with Gasteiger partial charge in [0, 0.05) is 5.69 Å². The van der Waals surface area contributed by atoms with Crippen LogP contribution in [-0.4, -0.2) is 5.91 Å². The van der Waals surface area contributed by atoms with E-state index in [-0.39, 0.29) is 18.0 Å². The molecule has 0 aromatic heterocycles. The summed E-state index contributed by atoms with van der Waals surface area (Å²) in [7, 11) is 0. The van der Waals surface area contributed by atoms with E-state index in [4.69, 9.17) is 4.74 Å². The minimum Gasteiger partial charge on any atom is -0.489 e. The zero-order valence-corrected chi connectivity index (χ0v) is 14.9. The lowest BCUT2D eigenvalue weighted by Gasteiger charge is -2.08. The van der Waals surface area contributed by atoms with Crippen molar-refractivity contribution in [3.8, 4) is 11.8 Å². The second-order valence-corrected chi connectivity index (χ2v) is 5.98. The van der Waals surface area contributed by atoms with Gasteiger partial charge < -0.3 is 10.1 Å². The van der Waals surface area contributed by atoms with Gasteiger partial charge in [-0.3, -0.25) is 4.79 Å². The van der Waals surface area contributed by atoms with Gasteiger partial charge in [0.1, 0.15) is 29.8 Å². The number of nitriles is 1. The van der Waals surface area contributed by atoms with Gasteiger partial charge in [-0.25, -0.2) is 4.39 Å². The maximum atomic E-state index is 13.2. The Kier molecular flexibility index (Phi) is 6.17. The third-order valence-electron chi connectivity index (χ3n) is 3.86. The van der Waals surface area contributed by atoms with Gasteiger partial charge in [0.15, 0.2) is 0 Å². The fourth-order valence-corrected chi connectivity index (χ4v) is 2.52. The average Bonchev–Trinajstić information content (AvgIpc) is 2.71. The number of hydrogen-bond donors (Lipinski definition) is 1. The van der Waals surface area contributed by atoms with Crippen molar-refractivity contribution < 1.29 is 13.9 Å². The molecule has 1 N–H and O–H groups in total. The van der Waals surface area contributed by atoms with Gasteiger partial charge in [0.05, 0.1) is 0 Å². The Morgan fingerprint density at radius 1 is 1.04 bits per heavy atom. The molecule has 0 aliphatic carbocycles. The molecule has 0 saturated carbocycles. The fourth-order valence-electron chi connectivity index (χ4n) is 2.52. The SMILES string of the molecule is N#C/C(=C/c1cccc(OCc2cccc(F)c2)c1)C(=O)Nc1ccccc1. The maximum Gasteiger partial charge on any atom is 0.266 e. The van der Waals surface area contributed by atoms with Crippen LogP contribution in [0.15, 0.2) is 84.4 Å². The number of amides is 1. The molecular weight excluding hydrogens is 355 g/mol. The van der Waals surface area contributed by atoms with E-state index in [1.807, 2.05) is 12.1 Å². The second-order valence-electron chi connectivity index (χ2n) is 5.98. The van der Waals surface area contributed by atoms with Gasteiger partial charge in [-0.05, 0) is 53.6 Å². The molecule has 0 fully saturated rings. The Balaban J connectivity index is 1.71. The van der Waals surface area contributed by atoms with E-state index in [0.29, 0.717) is 22.6 Å². The molecule has 3 aromatic rings. The highest BCUT2D eigenvalue weighted by Crippen LogP contribution is 2.18. The lowest BCUT2D eigenvalue weighted by atomic mass is 10.1. The lowest BCUT2D eigenvalue weighted by Crippen LogP contribution is -2.13. The molecule has 3 rings (SSSR count). The van der Waals surface area contributed by atoms with Crippen LogP contribution in [0.5, 0.6) is 5.75 Å². The number of para-hydroxylation sites is 1. The molecule has 0 saturated heterocycles. The Labute approximate surface area is 162 Å². The molecular formula is C23H17FN2O2. The molecule has 1 amide bonds. The van der Waals surface area contributed by atoms with E-state index in [1.54, 1.807) is 60.7 Å². The van der Waals surface area contributed by atoms with E-state index in [0.717, 1.165) is 0 Å². The van der Waals surface area contributed by atoms with Crippen molar-refractivity contribution in [3.63, 3.8) is 0 Å². The van der Waals surface area contributed by atoms with Crippen LogP contribution in [0.1, 0.15) is 11.1 Å². The highest BCUT2D eigenvalue weighted by molar-refractivity contribution is 6.09. The van der Waals surface area contributed by atoms with E-state index < -0.39 is 5.91 Å². The maximum absolute atomic E-state index is 13.2. The predicted octanol–water partition coefficient (Wildman–Crippen LogP) is 4.95. The first-order valence-electron chi connectivity index (χ1n) is 8.59. The van der Waals surface area contributed by atoms with Gasteiger partial charge in [0.25, 0.3) is 5.91 Å². The minimum absolute atomic E-state index is 0.0221. The molecule has 0 atom stereocenters.